The molecule has 0 saturated carbocycles. The number of aliphatic hydroxyl groups is 1. The molecule has 1 unspecified atom stereocenters. The molecule has 9 rings (SSSR count). The maximum absolute atomic E-state index is 15.2. The number of nitriles is 1. The molecular weight excluding hydrogens is 855 g/mol. The van der Waals surface area contributed by atoms with E-state index in [0.29, 0.717) is 60.9 Å². The molecule has 4 aromatic carbocycles. The lowest BCUT2D eigenvalue weighted by atomic mass is 9.89. The van der Waals surface area contributed by atoms with Crippen molar-refractivity contribution in [2.45, 2.75) is 78.4 Å². The number of aromatic hydroxyl groups is 1. The third-order valence-electron chi connectivity index (χ3n) is 14.4. The summed E-state index contributed by atoms with van der Waals surface area (Å²) >= 11 is 0. The molecule has 1 saturated heterocycles. The summed E-state index contributed by atoms with van der Waals surface area (Å²) in [4.78, 5) is 37.2. The maximum atomic E-state index is 15.2. The molecule has 13 nitrogen and oxygen atoms in total. The first-order valence-electron chi connectivity index (χ1n) is 23.6. The predicted molar refractivity (Wildman–Crippen MR) is 262 cm³/mol. The highest BCUT2D eigenvalue weighted by Crippen LogP contribution is 2.42. The van der Waals surface area contributed by atoms with E-state index < -0.39 is 6.23 Å². The van der Waals surface area contributed by atoms with Crippen LogP contribution in [0.2, 0.25) is 0 Å². The summed E-state index contributed by atoms with van der Waals surface area (Å²) in [5, 5.41) is 32.7. The molecule has 0 bridgehead atoms. The number of aromatic nitrogens is 2. The lowest BCUT2D eigenvalue weighted by molar-refractivity contribution is -0.131. The molecule has 1 fully saturated rings. The summed E-state index contributed by atoms with van der Waals surface area (Å²) in [5.41, 5.74) is 11.3. The number of rotatable bonds is 12. The minimum atomic E-state index is -1.21. The van der Waals surface area contributed by atoms with Crippen LogP contribution in [0, 0.1) is 25.2 Å². The van der Waals surface area contributed by atoms with E-state index in [1.165, 1.54) is 5.56 Å². The first kappa shape index (κ1) is 46.3. The van der Waals surface area contributed by atoms with Gasteiger partial charge in [0.05, 0.1) is 24.8 Å². The van der Waals surface area contributed by atoms with Gasteiger partial charge in [0.25, 0.3) is 5.91 Å². The van der Waals surface area contributed by atoms with Gasteiger partial charge in [0.1, 0.15) is 29.9 Å². The molecule has 3 aliphatic heterocycles. The van der Waals surface area contributed by atoms with Crippen molar-refractivity contribution in [2.75, 3.05) is 44.3 Å². The van der Waals surface area contributed by atoms with Crippen molar-refractivity contribution in [3.05, 3.63) is 153 Å². The van der Waals surface area contributed by atoms with Gasteiger partial charge in [-0.05, 0) is 129 Å². The van der Waals surface area contributed by atoms with Crippen molar-refractivity contribution < 1.29 is 29.3 Å². The van der Waals surface area contributed by atoms with Gasteiger partial charge in [0.15, 0.2) is 6.23 Å². The fourth-order valence-corrected chi connectivity index (χ4v) is 10.1. The van der Waals surface area contributed by atoms with Gasteiger partial charge in [-0.1, -0.05) is 36.4 Å². The highest BCUT2D eigenvalue weighted by Gasteiger charge is 2.34. The average molecular weight is 916 g/mol. The second-order valence-electron chi connectivity index (χ2n) is 18.7. The van der Waals surface area contributed by atoms with Crippen molar-refractivity contribution in [3.63, 3.8) is 0 Å². The second-order valence-corrected chi connectivity index (χ2v) is 18.7. The average Bonchev–Trinajstić information content (AvgIpc) is 3.80. The monoisotopic (exact) mass is 915 g/mol. The van der Waals surface area contributed by atoms with E-state index in [0.717, 1.165) is 83.3 Å². The third kappa shape index (κ3) is 9.24. The molecule has 68 heavy (non-hydrogen) atoms. The number of phenols is 1. The molecule has 0 aliphatic carbocycles. The number of morpholine rings is 1. The van der Waals surface area contributed by atoms with Crippen LogP contribution < -0.4 is 9.64 Å². The van der Waals surface area contributed by atoms with Gasteiger partial charge in [-0.15, -0.1) is 0 Å². The number of aliphatic hydroxyl groups excluding tert-OH is 1. The summed E-state index contributed by atoms with van der Waals surface area (Å²) in [6, 6.07) is 32.8. The number of carbonyl (C=O) groups excluding carboxylic acids is 2. The van der Waals surface area contributed by atoms with E-state index in [4.69, 9.17) is 9.47 Å². The largest absolute Gasteiger partial charge is 0.508 e. The first-order valence-corrected chi connectivity index (χ1v) is 23.6. The molecule has 0 radical (unpaired) electrons. The number of anilines is 2. The summed E-state index contributed by atoms with van der Waals surface area (Å²) in [6.45, 7) is 13.4. The third-order valence-corrected chi connectivity index (χ3v) is 14.4. The Bertz CT molecular complexity index is 2880. The number of hydrogen-bond acceptors (Lipinski definition) is 9. The van der Waals surface area contributed by atoms with Crippen LogP contribution in [0.1, 0.15) is 80.9 Å². The van der Waals surface area contributed by atoms with Crippen LogP contribution in [0.4, 0.5) is 11.4 Å². The van der Waals surface area contributed by atoms with E-state index in [9.17, 15) is 20.3 Å². The topological polar surface area (TPSA) is 140 Å². The molecule has 5 heterocycles. The highest BCUT2D eigenvalue weighted by atomic mass is 16.5. The van der Waals surface area contributed by atoms with Crippen LogP contribution >= 0.6 is 0 Å². The summed E-state index contributed by atoms with van der Waals surface area (Å²) in [6.07, 6.45) is 0.632. The quantitative estimate of drug-likeness (QED) is 0.118. The lowest BCUT2D eigenvalue weighted by Crippen LogP contribution is -2.43. The van der Waals surface area contributed by atoms with E-state index in [1.807, 2.05) is 90.8 Å². The van der Waals surface area contributed by atoms with E-state index in [-0.39, 0.29) is 36.1 Å². The standard InChI is InChI=1S/C55H61N7O6/c1-35-25-40-9-7-8-10-42(40)34-61(35)54(65)50-28-43-33-60(53(64)26-39-11-17-47(18-12-39)68-24-22-59-21-23-67-36(2)32-59)20-19-41(43)27-49(50)52-30-48(37(3)58(52)6)55(66)62(44-13-15-46(63)16-14-44)51-29-45(31-56)57(5)38(51)4/h7-18,27-30,35-36,55,63,66H,19-26,32-34H2,1-6H3/t35-,36+,55?/m1/s1. The Morgan fingerprint density at radius 1 is 0.882 bits per heavy atom. The Morgan fingerprint density at radius 2 is 1.63 bits per heavy atom. The van der Waals surface area contributed by atoms with Crippen LogP contribution in [0.5, 0.6) is 11.5 Å². The van der Waals surface area contributed by atoms with E-state index >= 15 is 4.79 Å². The molecule has 3 atom stereocenters. The number of ether oxygens (including phenoxy) is 2. The summed E-state index contributed by atoms with van der Waals surface area (Å²) in [7, 11) is 3.77. The van der Waals surface area contributed by atoms with Crippen molar-refractivity contribution in [3.8, 4) is 28.8 Å². The van der Waals surface area contributed by atoms with Gasteiger partial charge < -0.3 is 43.5 Å². The number of amides is 2. The van der Waals surface area contributed by atoms with Gasteiger partial charge in [0.2, 0.25) is 5.91 Å². The van der Waals surface area contributed by atoms with Crippen molar-refractivity contribution in [1.82, 2.24) is 23.8 Å². The minimum absolute atomic E-state index is 0.0226. The number of phenolic OH excluding ortho intramolecular Hbond substituents is 1. The molecular formula is C55H61N7O6. The SMILES string of the molecule is Cc1c(N(c2ccc(O)cc2)C(O)c2cc(-c3cc4c(cc3C(=O)N3Cc5ccccc5C[C@H]3C)CN(C(=O)Cc3ccc(OCCN5CCO[C@@H](C)C5)cc3)CC4)n(C)c2C)cc(C#N)n1C. The van der Waals surface area contributed by atoms with E-state index in [1.54, 1.807) is 39.8 Å². The van der Waals surface area contributed by atoms with Crippen LogP contribution in [0.3, 0.4) is 0 Å². The first-order chi connectivity index (χ1) is 32.8. The number of nitrogens with zero attached hydrogens (tertiary/aromatic N) is 7. The van der Waals surface area contributed by atoms with Crippen LogP contribution in [-0.4, -0.2) is 97.4 Å². The molecule has 3 aliphatic rings. The summed E-state index contributed by atoms with van der Waals surface area (Å²) in [5.74, 6) is 0.799. The van der Waals surface area contributed by atoms with E-state index in [2.05, 4.69) is 43.0 Å². The van der Waals surface area contributed by atoms with Gasteiger partial charge >= 0.3 is 0 Å². The van der Waals surface area contributed by atoms with Crippen LogP contribution in [0.15, 0.2) is 97.1 Å². The Labute approximate surface area is 399 Å². The Hall–Kier alpha value is -6.85. The maximum Gasteiger partial charge on any atom is 0.255 e. The van der Waals surface area contributed by atoms with Crippen molar-refractivity contribution >= 4 is 23.2 Å². The molecule has 6 aromatic rings. The van der Waals surface area contributed by atoms with Crippen molar-refractivity contribution in [1.29, 1.82) is 5.26 Å². The molecule has 352 valence electrons. The highest BCUT2D eigenvalue weighted by molar-refractivity contribution is 6.01. The zero-order valence-corrected chi connectivity index (χ0v) is 39.9. The second kappa shape index (κ2) is 19.4. The zero-order chi connectivity index (χ0) is 47.8. The Kier molecular flexibility index (Phi) is 13.2. The molecule has 2 amide bonds. The number of benzene rings is 4. The lowest BCUT2D eigenvalue weighted by Gasteiger charge is -2.36. The molecule has 0 spiro atoms. The molecule has 2 N–H and O–H groups in total. The normalized spacial score (nSPS) is 17.6. The van der Waals surface area contributed by atoms with Gasteiger partial charge in [-0.3, -0.25) is 14.5 Å². The van der Waals surface area contributed by atoms with Gasteiger partial charge in [-0.25, -0.2) is 0 Å². The summed E-state index contributed by atoms with van der Waals surface area (Å²) < 4.78 is 15.5. The van der Waals surface area contributed by atoms with Gasteiger partial charge in [-0.2, -0.15) is 5.26 Å². The number of hydrogen-bond donors (Lipinski definition) is 2. The smallest absolute Gasteiger partial charge is 0.255 e. The predicted octanol–water partition coefficient (Wildman–Crippen LogP) is 7.87. The molecule has 13 heteroatoms. The van der Waals surface area contributed by atoms with Crippen molar-refractivity contribution in [2.24, 2.45) is 14.1 Å². The minimum Gasteiger partial charge on any atom is -0.508 e. The van der Waals surface area contributed by atoms with Crippen LogP contribution in [-0.2, 0) is 56.0 Å². The van der Waals surface area contributed by atoms with Crippen LogP contribution in [0.25, 0.3) is 11.3 Å². The number of carbonyl (C=O) groups is 2. The number of fused-ring (bicyclic) bond motifs is 2. The van der Waals surface area contributed by atoms with Gasteiger partial charge in [0, 0.05) is 98.9 Å². The fraction of sp³-hybridized carbons (Fsp3) is 0.364. The Morgan fingerprint density at radius 3 is 2.35 bits per heavy atom. The zero-order valence-electron chi connectivity index (χ0n) is 39.9. The molecule has 2 aromatic heterocycles. The fourth-order valence-electron chi connectivity index (χ4n) is 10.1. The Balaban J connectivity index is 1.02.